The van der Waals surface area contributed by atoms with Crippen LogP contribution in [0.4, 0.5) is 0 Å². The summed E-state index contributed by atoms with van der Waals surface area (Å²) in [6.45, 7) is 0.463. The maximum atomic E-state index is 12.4. The van der Waals surface area contributed by atoms with Crippen LogP contribution in [0.3, 0.4) is 0 Å². The van der Waals surface area contributed by atoms with Crippen molar-refractivity contribution in [3.63, 3.8) is 0 Å². The maximum Gasteiger partial charge on any atom is 0.238 e. The highest BCUT2D eigenvalue weighted by atomic mass is 35.5. The Hall–Kier alpha value is -2.08. The van der Waals surface area contributed by atoms with Gasteiger partial charge in [-0.1, -0.05) is 41.9 Å². The second kappa shape index (κ2) is 7.66. The molecule has 0 bridgehead atoms. The predicted octanol–water partition coefficient (Wildman–Crippen LogP) is 2.57. The molecule has 1 heterocycles. The summed E-state index contributed by atoms with van der Waals surface area (Å²) in [6, 6.07) is 15.0. The molecule has 0 aliphatic carbocycles. The number of carbonyl (C=O) groups is 1. The second-order valence-corrected chi connectivity index (χ2v) is 6.13. The summed E-state index contributed by atoms with van der Waals surface area (Å²) >= 11 is 6.22. The van der Waals surface area contributed by atoms with Gasteiger partial charge in [-0.3, -0.25) is 4.79 Å². The normalized spacial score (nSPS) is 19.9. The van der Waals surface area contributed by atoms with Crippen molar-refractivity contribution < 1.29 is 9.53 Å². The third-order valence-corrected chi connectivity index (χ3v) is 4.45. The van der Waals surface area contributed by atoms with Gasteiger partial charge in [0.1, 0.15) is 11.8 Å². The Morgan fingerprint density at radius 1 is 1.25 bits per heavy atom. The number of ether oxygens (including phenoxy) is 1. The lowest BCUT2D eigenvalue weighted by molar-refractivity contribution is -0.123. The topological polar surface area (TPSA) is 62.4 Å². The lowest BCUT2D eigenvalue weighted by atomic mass is 10.0. The molecule has 1 aliphatic rings. The molecule has 24 heavy (non-hydrogen) atoms. The number of carbonyl (C=O) groups excluding carboxylic acids is 1. The van der Waals surface area contributed by atoms with Crippen LogP contribution in [0.1, 0.15) is 23.6 Å². The van der Waals surface area contributed by atoms with Gasteiger partial charge in [0.2, 0.25) is 5.91 Å². The minimum atomic E-state index is -0.295. The summed E-state index contributed by atoms with van der Waals surface area (Å²) in [7, 11) is 1.63. The first-order chi connectivity index (χ1) is 11.7. The fourth-order valence-electron chi connectivity index (χ4n) is 2.78. The predicted molar refractivity (Wildman–Crippen MR) is 93.7 cm³/mol. The molecule has 2 aromatic carbocycles. The van der Waals surface area contributed by atoms with E-state index in [4.69, 9.17) is 16.3 Å². The molecule has 1 saturated heterocycles. The molecule has 0 aromatic heterocycles. The second-order valence-electron chi connectivity index (χ2n) is 5.72. The molecule has 1 aliphatic heterocycles. The highest BCUT2D eigenvalue weighted by Gasteiger charge is 2.30. The molecule has 1 fully saturated rings. The summed E-state index contributed by atoms with van der Waals surface area (Å²) in [6.07, 6.45) is 0.647. The van der Waals surface area contributed by atoms with Crippen LogP contribution >= 0.6 is 11.6 Å². The number of rotatable bonds is 5. The molecular formula is C18H20ClN3O2. The van der Waals surface area contributed by atoms with Gasteiger partial charge in [0, 0.05) is 17.6 Å². The molecule has 2 atom stereocenters. The Morgan fingerprint density at radius 3 is 2.88 bits per heavy atom. The Kier molecular flexibility index (Phi) is 5.35. The standard InChI is InChI=1S/C18H20ClN3O2/c1-24-13-6-4-5-12(9-13)11-20-18(23)17-10-16(21-22-17)14-7-2-3-8-15(14)19/h2-9,16-17,21-22H,10-11H2,1H3,(H,20,23). The van der Waals surface area contributed by atoms with Crippen molar-refractivity contribution in [2.24, 2.45) is 0 Å². The lowest BCUT2D eigenvalue weighted by Crippen LogP contribution is -2.42. The monoisotopic (exact) mass is 345 g/mol. The van der Waals surface area contributed by atoms with E-state index in [1.807, 2.05) is 48.5 Å². The average Bonchev–Trinajstić information content (AvgIpc) is 3.10. The Bertz CT molecular complexity index is 723. The van der Waals surface area contributed by atoms with Gasteiger partial charge in [-0.2, -0.15) is 0 Å². The van der Waals surface area contributed by atoms with E-state index in [1.54, 1.807) is 7.11 Å². The maximum absolute atomic E-state index is 12.4. The Labute approximate surface area is 146 Å². The van der Waals surface area contributed by atoms with E-state index in [0.717, 1.165) is 16.9 Å². The van der Waals surface area contributed by atoms with Crippen molar-refractivity contribution in [2.45, 2.75) is 25.0 Å². The molecule has 0 saturated carbocycles. The molecule has 126 valence electrons. The zero-order chi connectivity index (χ0) is 16.9. The van der Waals surface area contributed by atoms with Gasteiger partial charge < -0.3 is 10.1 Å². The van der Waals surface area contributed by atoms with Crippen LogP contribution in [0.2, 0.25) is 5.02 Å². The van der Waals surface area contributed by atoms with E-state index in [9.17, 15) is 4.79 Å². The van der Waals surface area contributed by atoms with Crippen LogP contribution < -0.4 is 20.9 Å². The quantitative estimate of drug-likeness (QED) is 0.779. The minimum absolute atomic E-state index is 0.0197. The number of methoxy groups -OCH3 is 1. The van der Waals surface area contributed by atoms with Crippen molar-refractivity contribution in [3.05, 3.63) is 64.7 Å². The van der Waals surface area contributed by atoms with E-state index >= 15 is 0 Å². The number of benzene rings is 2. The van der Waals surface area contributed by atoms with E-state index in [2.05, 4.69) is 16.2 Å². The first kappa shape index (κ1) is 16.8. The summed E-state index contributed by atoms with van der Waals surface area (Å²) in [5, 5.41) is 3.65. The van der Waals surface area contributed by atoms with Gasteiger partial charge in [0.05, 0.1) is 7.11 Å². The molecular weight excluding hydrogens is 326 g/mol. The van der Waals surface area contributed by atoms with Gasteiger partial charge in [-0.15, -0.1) is 0 Å². The van der Waals surface area contributed by atoms with E-state index < -0.39 is 0 Å². The number of nitrogens with one attached hydrogen (secondary N) is 3. The summed E-state index contributed by atoms with van der Waals surface area (Å²) in [5.41, 5.74) is 8.18. The highest BCUT2D eigenvalue weighted by Crippen LogP contribution is 2.28. The number of hydrazine groups is 1. The number of amides is 1. The number of hydrogen-bond acceptors (Lipinski definition) is 4. The lowest BCUT2D eigenvalue weighted by Gasteiger charge is -2.12. The summed E-state index contributed by atoms with van der Waals surface area (Å²) in [4.78, 5) is 12.4. The molecule has 2 unspecified atom stereocenters. The molecule has 5 nitrogen and oxygen atoms in total. The van der Waals surface area contributed by atoms with Crippen LogP contribution in [-0.4, -0.2) is 19.1 Å². The smallest absolute Gasteiger partial charge is 0.238 e. The first-order valence-corrected chi connectivity index (χ1v) is 8.21. The van der Waals surface area contributed by atoms with Crippen molar-refractivity contribution in [3.8, 4) is 5.75 Å². The average molecular weight is 346 g/mol. The number of halogens is 1. The fraction of sp³-hybridized carbons (Fsp3) is 0.278. The van der Waals surface area contributed by atoms with Crippen molar-refractivity contribution in [1.82, 2.24) is 16.2 Å². The van der Waals surface area contributed by atoms with Crippen molar-refractivity contribution in [2.75, 3.05) is 7.11 Å². The van der Waals surface area contributed by atoms with E-state index in [0.29, 0.717) is 18.0 Å². The Balaban J connectivity index is 1.56. The minimum Gasteiger partial charge on any atom is -0.497 e. The van der Waals surface area contributed by atoms with Crippen molar-refractivity contribution >= 4 is 17.5 Å². The molecule has 3 rings (SSSR count). The SMILES string of the molecule is COc1cccc(CNC(=O)C2CC(c3ccccc3Cl)NN2)c1. The van der Waals surface area contributed by atoms with Crippen LogP contribution in [0.5, 0.6) is 5.75 Å². The third kappa shape index (κ3) is 3.87. The first-order valence-electron chi connectivity index (χ1n) is 7.83. The number of hydrogen-bond donors (Lipinski definition) is 3. The molecule has 2 aromatic rings. The van der Waals surface area contributed by atoms with Crippen LogP contribution in [0, 0.1) is 0 Å². The largest absolute Gasteiger partial charge is 0.497 e. The van der Waals surface area contributed by atoms with Crippen molar-refractivity contribution in [1.29, 1.82) is 0 Å². The van der Waals surface area contributed by atoms with Crippen LogP contribution in [-0.2, 0) is 11.3 Å². The molecule has 6 heteroatoms. The molecule has 0 radical (unpaired) electrons. The van der Waals surface area contributed by atoms with Gasteiger partial charge in [0.25, 0.3) is 0 Å². The highest BCUT2D eigenvalue weighted by molar-refractivity contribution is 6.31. The van der Waals surface area contributed by atoms with Gasteiger partial charge >= 0.3 is 0 Å². The fourth-order valence-corrected chi connectivity index (χ4v) is 3.05. The zero-order valence-electron chi connectivity index (χ0n) is 13.4. The summed E-state index contributed by atoms with van der Waals surface area (Å²) in [5.74, 6) is 0.737. The third-order valence-electron chi connectivity index (χ3n) is 4.10. The van der Waals surface area contributed by atoms with Crippen LogP contribution in [0.25, 0.3) is 0 Å². The van der Waals surface area contributed by atoms with E-state index in [-0.39, 0.29) is 18.0 Å². The van der Waals surface area contributed by atoms with Gasteiger partial charge in [0.15, 0.2) is 0 Å². The molecule has 1 amide bonds. The van der Waals surface area contributed by atoms with Crippen LogP contribution in [0.15, 0.2) is 48.5 Å². The molecule has 0 spiro atoms. The van der Waals surface area contributed by atoms with E-state index in [1.165, 1.54) is 0 Å². The Morgan fingerprint density at radius 2 is 2.08 bits per heavy atom. The van der Waals surface area contributed by atoms with Gasteiger partial charge in [-0.05, 0) is 35.7 Å². The molecule has 3 N–H and O–H groups in total. The zero-order valence-corrected chi connectivity index (χ0v) is 14.1. The van der Waals surface area contributed by atoms with Gasteiger partial charge in [-0.25, -0.2) is 10.9 Å². The summed E-state index contributed by atoms with van der Waals surface area (Å²) < 4.78 is 5.19.